The van der Waals surface area contributed by atoms with Crippen LogP contribution in [0.4, 0.5) is 5.69 Å². The van der Waals surface area contributed by atoms with E-state index < -0.39 is 0 Å². The highest BCUT2D eigenvalue weighted by Gasteiger charge is 2.11. The first kappa shape index (κ1) is 15.4. The third-order valence-corrected chi connectivity index (χ3v) is 3.11. The van der Waals surface area contributed by atoms with Crippen molar-refractivity contribution in [1.29, 1.82) is 0 Å². The summed E-state index contributed by atoms with van der Waals surface area (Å²) in [5, 5.41) is 11.9. The van der Waals surface area contributed by atoms with Gasteiger partial charge in [-0.3, -0.25) is 0 Å². The van der Waals surface area contributed by atoms with E-state index in [1.165, 1.54) is 0 Å². The van der Waals surface area contributed by atoms with E-state index in [4.69, 9.17) is 15.2 Å². The van der Waals surface area contributed by atoms with Gasteiger partial charge in [-0.15, -0.1) is 5.10 Å². The number of methoxy groups -OCH3 is 1. The second kappa shape index (κ2) is 7.70. The van der Waals surface area contributed by atoms with Gasteiger partial charge in [0.15, 0.2) is 5.82 Å². The molecule has 0 amide bonds. The fraction of sp³-hybridized carbons (Fsp3) is 0.500. The molecule has 0 aliphatic heterocycles. The molecule has 7 nitrogen and oxygen atoms in total. The molecule has 0 aliphatic carbocycles. The number of rotatable bonds is 8. The van der Waals surface area contributed by atoms with Gasteiger partial charge < -0.3 is 15.2 Å². The summed E-state index contributed by atoms with van der Waals surface area (Å²) in [6.45, 7) is 4.58. The molecule has 21 heavy (non-hydrogen) atoms. The molecular weight excluding hydrogens is 270 g/mol. The molecule has 1 heterocycles. The van der Waals surface area contributed by atoms with Crippen molar-refractivity contribution in [2.24, 2.45) is 0 Å². The summed E-state index contributed by atoms with van der Waals surface area (Å²) in [6.07, 6.45) is 0.843. The van der Waals surface area contributed by atoms with Crippen LogP contribution in [0.5, 0.6) is 0 Å². The van der Waals surface area contributed by atoms with Gasteiger partial charge in [0.1, 0.15) is 0 Å². The van der Waals surface area contributed by atoms with Crippen molar-refractivity contribution in [3.8, 4) is 11.4 Å². The van der Waals surface area contributed by atoms with Crippen molar-refractivity contribution in [1.82, 2.24) is 20.2 Å². The molecule has 7 heteroatoms. The maximum absolute atomic E-state index is 5.77. The zero-order valence-corrected chi connectivity index (χ0v) is 12.5. The Morgan fingerprint density at radius 1 is 1.24 bits per heavy atom. The summed E-state index contributed by atoms with van der Waals surface area (Å²) in [5.41, 5.74) is 8.56. The first-order valence-electron chi connectivity index (χ1n) is 6.91. The quantitative estimate of drug-likeness (QED) is 0.582. The highest BCUT2D eigenvalue weighted by molar-refractivity contribution is 5.63. The van der Waals surface area contributed by atoms with Crippen molar-refractivity contribution in [2.75, 3.05) is 32.7 Å². The number of nitrogen functional groups attached to an aromatic ring is 1. The van der Waals surface area contributed by atoms with E-state index >= 15 is 0 Å². The third-order valence-electron chi connectivity index (χ3n) is 3.11. The Morgan fingerprint density at radius 2 is 2.10 bits per heavy atom. The predicted molar refractivity (Wildman–Crippen MR) is 79.7 cm³/mol. The number of hydrogen-bond acceptors (Lipinski definition) is 6. The minimum Gasteiger partial charge on any atom is -0.399 e. The normalized spacial score (nSPS) is 11.0. The highest BCUT2D eigenvalue weighted by atomic mass is 16.5. The lowest BCUT2D eigenvalue weighted by atomic mass is 10.1. The maximum atomic E-state index is 5.77. The lowest BCUT2D eigenvalue weighted by Crippen LogP contribution is -2.08. The van der Waals surface area contributed by atoms with Crippen LogP contribution >= 0.6 is 0 Å². The second-order valence-electron chi connectivity index (χ2n) is 4.76. The van der Waals surface area contributed by atoms with Crippen LogP contribution in [-0.4, -0.2) is 47.1 Å². The molecule has 0 fully saturated rings. The van der Waals surface area contributed by atoms with Crippen molar-refractivity contribution < 1.29 is 9.47 Å². The minimum atomic E-state index is 0.607. The Labute approximate surface area is 124 Å². The Hall–Kier alpha value is -1.99. The molecule has 0 unspecified atom stereocenters. The Bertz CT molecular complexity index is 570. The zero-order chi connectivity index (χ0) is 15.1. The Kier molecular flexibility index (Phi) is 5.65. The van der Waals surface area contributed by atoms with Crippen molar-refractivity contribution in [2.45, 2.75) is 19.9 Å². The van der Waals surface area contributed by atoms with Crippen LogP contribution < -0.4 is 5.73 Å². The van der Waals surface area contributed by atoms with Gasteiger partial charge in [0, 0.05) is 31.5 Å². The fourth-order valence-electron chi connectivity index (χ4n) is 2.05. The summed E-state index contributed by atoms with van der Waals surface area (Å²) in [4.78, 5) is 0. The number of nitrogens with zero attached hydrogens (tertiary/aromatic N) is 4. The molecule has 2 rings (SSSR count). The lowest BCUT2D eigenvalue weighted by molar-refractivity contribution is 0.0677. The van der Waals surface area contributed by atoms with Crippen LogP contribution in [0.15, 0.2) is 18.2 Å². The number of ether oxygens (including phenoxy) is 2. The number of aromatic nitrogens is 4. The first-order chi connectivity index (χ1) is 10.2. The molecule has 2 aromatic rings. The van der Waals surface area contributed by atoms with Crippen LogP contribution in [-0.2, 0) is 16.0 Å². The van der Waals surface area contributed by atoms with E-state index in [1.807, 2.05) is 25.1 Å². The van der Waals surface area contributed by atoms with Gasteiger partial charge in [-0.1, -0.05) is 0 Å². The predicted octanol–water partition coefficient (Wildman–Crippen LogP) is 1.28. The van der Waals surface area contributed by atoms with Crippen molar-refractivity contribution in [3.63, 3.8) is 0 Å². The topological polar surface area (TPSA) is 88.1 Å². The molecule has 1 aromatic carbocycles. The van der Waals surface area contributed by atoms with Gasteiger partial charge in [-0.2, -0.15) is 0 Å². The molecule has 0 saturated heterocycles. The van der Waals surface area contributed by atoms with E-state index in [-0.39, 0.29) is 0 Å². The smallest absolute Gasteiger partial charge is 0.182 e. The van der Waals surface area contributed by atoms with Crippen molar-refractivity contribution in [3.05, 3.63) is 23.8 Å². The molecule has 0 radical (unpaired) electrons. The number of nitrogens with two attached hydrogens (primary N) is 1. The van der Waals surface area contributed by atoms with E-state index in [2.05, 4.69) is 15.5 Å². The monoisotopic (exact) mass is 291 g/mol. The van der Waals surface area contributed by atoms with Gasteiger partial charge in [-0.05, 0) is 47.5 Å². The zero-order valence-electron chi connectivity index (χ0n) is 12.5. The van der Waals surface area contributed by atoms with Gasteiger partial charge in [-0.25, -0.2) is 4.68 Å². The summed E-state index contributed by atoms with van der Waals surface area (Å²) < 4.78 is 12.1. The Balaban J connectivity index is 1.95. The highest BCUT2D eigenvalue weighted by Crippen LogP contribution is 2.22. The number of tetrazole rings is 1. The number of anilines is 1. The van der Waals surface area contributed by atoms with Gasteiger partial charge in [0.05, 0.1) is 13.2 Å². The number of hydrogen-bond donors (Lipinski definition) is 1. The van der Waals surface area contributed by atoms with E-state index in [9.17, 15) is 0 Å². The molecule has 1 aromatic heterocycles. The molecule has 0 spiro atoms. The van der Waals surface area contributed by atoms with E-state index in [0.717, 1.165) is 29.1 Å². The summed E-state index contributed by atoms with van der Waals surface area (Å²) in [5.74, 6) is 0.754. The number of aryl methyl sites for hydroxylation is 2. The summed E-state index contributed by atoms with van der Waals surface area (Å²) in [6, 6.07) is 5.72. The van der Waals surface area contributed by atoms with E-state index in [1.54, 1.807) is 11.8 Å². The van der Waals surface area contributed by atoms with Crippen LogP contribution in [0.2, 0.25) is 0 Å². The Morgan fingerprint density at radius 3 is 2.86 bits per heavy atom. The average Bonchev–Trinajstić information content (AvgIpc) is 2.91. The minimum absolute atomic E-state index is 0.607. The van der Waals surface area contributed by atoms with Gasteiger partial charge in [0.2, 0.25) is 0 Å². The first-order valence-corrected chi connectivity index (χ1v) is 6.91. The summed E-state index contributed by atoms with van der Waals surface area (Å²) >= 11 is 0. The third kappa shape index (κ3) is 4.24. The van der Waals surface area contributed by atoms with Crippen LogP contribution in [0.1, 0.15) is 12.0 Å². The standard InChI is InChI=1S/C14H21N5O2/c1-11-10-12(15)4-5-13(11)14-16-17-18-19(14)6-3-7-21-9-8-20-2/h4-5,10H,3,6-9,15H2,1-2H3. The molecular formula is C14H21N5O2. The van der Waals surface area contributed by atoms with Crippen LogP contribution in [0.3, 0.4) is 0 Å². The summed E-state index contributed by atoms with van der Waals surface area (Å²) in [7, 11) is 1.66. The second-order valence-corrected chi connectivity index (χ2v) is 4.76. The van der Waals surface area contributed by atoms with Gasteiger partial charge in [0.25, 0.3) is 0 Å². The SMILES string of the molecule is COCCOCCCn1nnnc1-c1ccc(N)cc1C. The molecule has 114 valence electrons. The van der Waals surface area contributed by atoms with E-state index in [0.29, 0.717) is 26.4 Å². The van der Waals surface area contributed by atoms with Crippen LogP contribution in [0.25, 0.3) is 11.4 Å². The molecule has 0 atom stereocenters. The van der Waals surface area contributed by atoms with Crippen LogP contribution in [0, 0.1) is 6.92 Å². The van der Waals surface area contributed by atoms with Crippen molar-refractivity contribution >= 4 is 5.69 Å². The van der Waals surface area contributed by atoms with Gasteiger partial charge >= 0.3 is 0 Å². The molecule has 2 N–H and O–H groups in total. The molecule has 0 bridgehead atoms. The number of benzene rings is 1. The molecule has 0 aliphatic rings. The lowest BCUT2D eigenvalue weighted by Gasteiger charge is -2.08. The largest absolute Gasteiger partial charge is 0.399 e. The average molecular weight is 291 g/mol. The fourth-order valence-corrected chi connectivity index (χ4v) is 2.05. The maximum Gasteiger partial charge on any atom is 0.182 e. The molecule has 0 saturated carbocycles.